The van der Waals surface area contributed by atoms with Crippen LogP contribution in [0.1, 0.15) is 34.3 Å². The fraction of sp³-hybridized carbons (Fsp3) is 0.333. The van der Waals surface area contributed by atoms with Crippen molar-refractivity contribution >= 4 is 17.6 Å². The highest BCUT2D eigenvalue weighted by Gasteiger charge is 2.16. The summed E-state index contributed by atoms with van der Waals surface area (Å²) in [7, 11) is 0. The van der Waals surface area contributed by atoms with E-state index in [2.05, 4.69) is 15.6 Å². The van der Waals surface area contributed by atoms with Gasteiger partial charge >= 0.3 is 0 Å². The molecule has 1 saturated heterocycles. The number of benzene rings is 2. The lowest BCUT2D eigenvalue weighted by atomic mass is 10.1. The van der Waals surface area contributed by atoms with E-state index >= 15 is 0 Å². The van der Waals surface area contributed by atoms with Crippen LogP contribution in [0, 0.1) is 13.8 Å². The molecule has 5 nitrogen and oxygen atoms in total. The molecule has 0 bridgehead atoms. The second-order valence-electron chi connectivity index (χ2n) is 6.57. The number of hydrogen-bond acceptors (Lipinski definition) is 3. The second-order valence-corrected chi connectivity index (χ2v) is 6.57. The standard InChI is InChI=1S/C21H25N3O2/c1-15-10-11-17(13-16(15)2)20(25)24-21(22-14-19-9-6-12-26-19)23-18-7-4-3-5-8-18/h3-5,7-8,10-11,13,19H,6,9,12,14H2,1-2H3,(H2,22,23,24,25)/t19-/m1/s1. The molecule has 0 saturated carbocycles. The topological polar surface area (TPSA) is 62.7 Å². The van der Waals surface area contributed by atoms with Crippen LogP contribution in [0.3, 0.4) is 0 Å². The molecule has 2 N–H and O–H groups in total. The molecule has 26 heavy (non-hydrogen) atoms. The molecule has 0 aliphatic carbocycles. The van der Waals surface area contributed by atoms with Gasteiger partial charge in [0.15, 0.2) is 0 Å². The van der Waals surface area contributed by atoms with E-state index < -0.39 is 0 Å². The number of amides is 1. The predicted molar refractivity (Wildman–Crippen MR) is 105 cm³/mol. The van der Waals surface area contributed by atoms with Gasteiger partial charge in [0, 0.05) is 17.9 Å². The van der Waals surface area contributed by atoms with Crippen LogP contribution >= 0.6 is 0 Å². The highest BCUT2D eigenvalue weighted by atomic mass is 16.5. The number of guanidine groups is 1. The van der Waals surface area contributed by atoms with Gasteiger partial charge in [0.2, 0.25) is 5.96 Å². The van der Waals surface area contributed by atoms with Gasteiger partial charge in [-0.3, -0.25) is 10.1 Å². The van der Waals surface area contributed by atoms with Crippen LogP contribution in [0.2, 0.25) is 0 Å². The zero-order chi connectivity index (χ0) is 18.4. The van der Waals surface area contributed by atoms with Crippen molar-refractivity contribution in [1.29, 1.82) is 0 Å². The number of aliphatic imine (C=N–C) groups is 1. The maximum absolute atomic E-state index is 12.6. The summed E-state index contributed by atoms with van der Waals surface area (Å²) in [6.45, 7) is 5.35. The molecule has 0 spiro atoms. The Balaban J connectivity index is 1.74. The van der Waals surface area contributed by atoms with Gasteiger partial charge in [-0.05, 0) is 62.1 Å². The molecule has 2 aromatic carbocycles. The van der Waals surface area contributed by atoms with E-state index in [-0.39, 0.29) is 12.0 Å². The quantitative estimate of drug-likeness (QED) is 0.652. The Morgan fingerprint density at radius 2 is 1.96 bits per heavy atom. The van der Waals surface area contributed by atoms with Crippen LogP contribution in [0.15, 0.2) is 53.5 Å². The summed E-state index contributed by atoms with van der Waals surface area (Å²) in [6.07, 6.45) is 2.20. The molecule has 1 aliphatic rings. The molecule has 1 fully saturated rings. The molecule has 5 heteroatoms. The molecule has 1 amide bonds. The third-order valence-corrected chi connectivity index (χ3v) is 4.51. The lowest BCUT2D eigenvalue weighted by molar-refractivity contribution is 0.0975. The van der Waals surface area contributed by atoms with Gasteiger partial charge in [-0.1, -0.05) is 24.3 Å². The number of anilines is 1. The molecule has 0 radical (unpaired) electrons. The average molecular weight is 351 g/mol. The number of rotatable bonds is 4. The first-order chi connectivity index (χ1) is 12.6. The Bertz CT molecular complexity index is 781. The summed E-state index contributed by atoms with van der Waals surface area (Å²) in [5.74, 6) is 0.262. The molecular formula is C21H25N3O2. The van der Waals surface area contributed by atoms with E-state index in [0.29, 0.717) is 18.1 Å². The molecule has 1 aliphatic heterocycles. The SMILES string of the molecule is Cc1ccc(C(=O)NC(=NC[C@H]2CCCO2)Nc2ccccc2)cc1C. The molecule has 1 atom stereocenters. The van der Waals surface area contributed by atoms with Crippen LogP contribution in [0.5, 0.6) is 0 Å². The van der Waals surface area contributed by atoms with Crippen molar-refractivity contribution in [2.75, 3.05) is 18.5 Å². The Labute approximate surface area is 154 Å². The third-order valence-electron chi connectivity index (χ3n) is 4.51. The first-order valence-corrected chi connectivity index (χ1v) is 8.98. The minimum atomic E-state index is -0.178. The Morgan fingerprint density at radius 3 is 2.65 bits per heavy atom. The Kier molecular flexibility index (Phi) is 6.02. The smallest absolute Gasteiger partial charge is 0.257 e. The molecule has 3 rings (SSSR count). The van der Waals surface area contributed by atoms with Gasteiger partial charge in [-0.15, -0.1) is 0 Å². The summed E-state index contributed by atoms with van der Waals surface area (Å²) < 4.78 is 5.62. The van der Waals surface area contributed by atoms with E-state index in [1.165, 1.54) is 0 Å². The number of hydrogen-bond donors (Lipinski definition) is 2. The van der Waals surface area contributed by atoms with Gasteiger partial charge in [-0.25, -0.2) is 4.99 Å². The van der Waals surface area contributed by atoms with Crippen molar-refractivity contribution in [3.05, 3.63) is 65.2 Å². The van der Waals surface area contributed by atoms with E-state index in [4.69, 9.17) is 4.74 Å². The maximum atomic E-state index is 12.6. The predicted octanol–water partition coefficient (Wildman–Crippen LogP) is 3.68. The fourth-order valence-corrected chi connectivity index (χ4v) is 2.81. The molecule has 136 valence electrons. The first-order valence-electron chi connectivity index (χ1n) is 8.98. The number of carbonyl (C=O) groups is 1. The maximum Gasteiger partial charge on any atom is 0.257 e. The van der Waals surface area contributed by atoms with Gasteiger partial charge in [0.25, 0.3) is 5.91 Å². The average Bonchev–Trinajstić information content (AvgIpc) is 3.16. The van der Waals surface area contributed by atoms with E-state index in [1.54, 1.807) is 0 Å². The summed E-state index contributed by atoms with van der Waals surface area (Å²) in [5.41, 5.74) is 3.74. The zero-order valence-corrected chi connectivity index (χ0v) is 15.3. The van der Waals surface area contributed by atoms with E-state index in [1.807, 2.05) is 62.4 Å². The van der Waals surface area contributed by atoms with Gasteiger partial charge in [0.05, 0.1) is 12.6 Å². The second kappa shape index (κ2) is 8.63. The number of nitrogens with one attached hydrogen (secondary N) is 2. The molecule has 1 heterocycles. The summed E-state index contributed by atoms with van der Waals surface area (Å²) in [4.78, 5) is 17.2. The number of nitrogens with zero attached hydrogens (tertiary/aromatic N) is 1. The first kappa shape index (κ1) is 18.1. The van der Waals surface area contributed by atoms with Crippen molar-refractivity contribution in [3.8, 4) is 0 Å². The highest BCUT2D eigenvalue weighted by molar-refractivity contribution is 6.10. The van der Waals surface area contributed by atoms with Crippen LogP contribution < -0.4 is 10.6 Å². The largest absolute Gasteiger partial charge is 0.376 e. The van der Waals surface area contributed by atoms with Crippen molar-refractivity contribution in [2.45, 2.75) is 32.8 Å². The normalized spacial score (nSPS) is 17.2. The highest BCUT2D eigenvalue weighted by Crippen LogP contribution is 2.13. The molecular weight excluding hydrogens is 326 g/mol. The number of para-hydroxylation sites is 1. The lowest BCUT2D eigenvalue weighted by Gasteiger charge is -2.14. The fourth-order valence-electron chi connectivity index (χ4n) is 2.81. The van der Waals surface area contributed by atoms with Crippen LogP contribution in [-0.4, -0.2) is 31.1 Å². The molecule has 0 aromatic heterocycles. The van der Waals surface area contributed by atoms with Crippen molar-refractivity contribution < 1.29 is 9.53 Å². The Hall–Kier alpha value is -2.66. The number of aryl methyl sites for hydroxylation is 2. The monoisotopic (exact) mass is 351 g/mol. The summed E-state index contributed by atoms with van der Waals surface area (Å²) in [5, 5.41) is 6.09. The lowest BCUT2D eigenvalue weighted by Crippen LogP contribution is -2.36. The van der Waals surface area contributed by atoms with E-state index in [9.17, 15) is 4.79 Å². The van der Waals surface area contributed by atoms with Crippen molar-refractivity contribution in [3.63, 3.8) is 0 Å². The molecule has 2 aromatic rings. The number of carbonyl (C=O) groups excluding carboxylic acids is 1. The van der Waals surface area contributed by atoms with E-state index in [0.717, 1.165) is 36.3 Å². The van der Waals surface area contributed by atoms with Crippen LogP contribution in [0.25, 0.3) is 0 Å². The Morgan fingerprint density at radius 1 is 1.15 bits per heavy atom. The third kappa shape index (κ3) is 4.92. The molecule has 0 unspecified atom stereocenters. The minimum absolute atomic E-state index is 0.126. The minimum Gasteiger partial charge on any atom is -0.376 e. The van der Waals surface area contributed by atoms with Crippen LogP contribution in [0.4, 0.5) is 5.69 Å². The number of ether oxygens (including phenoxy) is 1. The van der Waals surface area contributed by atoms with Gasteiger partial charge in [0.1, 0.15) is 0 Å². The van der Waals surface area contributed by atoms with Crippen molar-refractivity contribution in [1.82, 2.24) is 5.32 Å². The summed E-state index contributed by atoms with van der Waals surface area (Å²) in [6, 6.07) is 15.4. The zero-order valence-electron chi connectivity index (χ0n) is 15.3. The summed E-state index contributed by atoms with van der Waals surface area (Å²) >= 11 is 0. The van der Waals surface area contributed by atoms with Gasteiger partial charge in [-0.2, -0.15) is 0 Å². The van der Waals surface area contributed by atoms with Gasteiger partial charge < -0.3 is 10.1 Å². The van der Waals surface area contributed by atoms with Crippen LogP contribution in [-0.2, 0) is 4.74 Å². The van der Waals surface area contributed by atoms with Crippen molar-refractivity contribution in [2.24, 2.45) is 4.99 Å².